The summed E-state index contributed by atoms with van der Waals surface area (Å²) in [6, 6.07) is 21.9. The standard InChI is InChI=1S/C16H10.Li/c1-3-11-7-9-13-5-2-6-14-10-8-12(4-1)15(11)16(13)14;/h1-10H;. The fourth-order valence-electron chi connectivity index (χ4n) is 2.67. The summed E-state index contributed by atoms with van der Waals surface area (Å²) < 4.78 is 0. The Morgan fingerprint density at radius 3 is 1.00 bits per heavy atom. The van der Waals surface area contributed by atoms with Gasteiger partial charge in [0.25, 0.3) is 0 Å². The van der Waals surface area contributed by atoms with Crippen molar-refractivity contribution in [3.05, 3.63) is 60.7 Å². The molecule has 0 saturated heterocycles. The minimum Gasteiger partial charge on any atom is -0.0610 e. The molecule has 0 aromatic heterocycles. The summed E-state index contributed by atoms with van der Waals surface area (Å²) in [5.41, 5.74) is 0. The molecule has 1 radical (unpaired) electrons. The molecule has 4 aromatic rings. The second-order valence-electron chi connectivity index (χ2n) is 4.29. The third-order valence-electron chi connectivity index (χ3n) is 3.39. The average molecular weight is 209 g/mol. The normalized spacial score (nSPS) is 11.1. The first-order valence-corrected chi connectivity index (χ1v) is 5.56. The maximum Gasteiger partial charge on any atom is 0 e. The summed E-state index contributed by atoms with van der Waals surface area (Å²) >= 11 is 0. The maximum absolute atomic E-state index is 2.21. The van der Waals surface area contributed by atoms with Crippen molar-refractivity contribution in [1.29, 1.82) is 0 Å². The van der Waals surface area contributed by atoms with Crippen molar-refractivity contribution in [2.24, 2.45) is 0 Å². The molecule has 0 heterocycles. The van der Waals surface area contributed by atoms with E-state index in [1.807, 2.05) is 0 Å². The van der Waals surface area contributed by atoms with Gasteiger partial charge in [0, 0.05) is 18.9 Å². The molecule has 0 N–H and O–H groups in total. The summed E-state index contributed by atoms with van der Waals surface area (Å²) in [4.78, 5) is 0. The smallest absolute Gasteiger partial charge is 0 e. The molecule has 0 amide bonds. The van der Waals surface area contributed by atoms with E-state index in [0.717, 1.165) is 0 Å². The fourth-order valence-corrected chi connectivity index (χ4v) is 2.67. The Bertz CT molecular complexity index is 672. The van der Waals surface area contributed by atoms with E-state index < -0.39 is 0 Å². The van der Waals surface area contributed by atoms with Gasteiger partial charge in [0.1, 0.15) is 0 Å². The molecule has 4 rings (SSSR count). The van der Waals surface area contributed by atoms with Crippen LogP contribution in [0.25, 0.3) is 32.3 Å². The fraction of sp³-hybridized carbons (Fsp3) is 0. The van der Waals surface area contributed by atoms with E-state index in [1.54, 1.807) is 0 Å². The molecule has 0 aliphatic heterocycles. The largest absolute Gasteiger partial charge is 0.0610 e. The molecule has 0 unspecified atom stereocenters. The molecular formula is C16H10Li. The van der Waals surface area contributed by atoms with Gasteiger partial charge in [-0.25, -0.2) is 0 Å². The SMILES string of the molecule is [Li].c1cc2ccc3cccc4ccc(c1)c2c34. The van der Waals surface area contributed by atoms with Gasteiger partial charge < -0.3 is 0 Å². The van der Waals surface area contributed by atoms with Crippen molar-refractivity contribution >= 4 is 51.2 Å². The van der Waals surface area contributed by atoms with Crippen LogP contribution < -0.4 is 0 Å². The molecule has 17 heavy (non-hydrogen) atoms. The second-order valence-corrected chi connectivity index (χ2v) is 4.29. The summed E-state index contributed by atoms with van der Waals surface area (Å²) in [7, 11) is 0. The zero-order valence-corrected chi connectivity index (χ0v) is 9.77. The van der Waals surface area contributed by atoms with Crippen LogP contribution in [0.1, 0.15) is 0 Å². The first-order valence-electron chi connectivity index (χ1n) is 5.56. The van der Waals surface area contributed by atoms with Crippen LogP contribution in [0, 0.1) is 0 Å². The van der Waals surface area contributed by atoms with Crippen LogP contribution in [-0.2, 0) is 0 Å². The predicted molar refractivity (Wildman–Crippen MR) is 75.9 cm³/mol. The van der Waals surface area contributed by atoms with E-state index in [1.165, 1.54) is 32.3 Å². The van der Waals surface area contributed by atoms with Crippen molar-refractivity contribution in [2.75, 3.05) is 0 Å². The molecular weight excluding hydrogens is 199 g/mol. The van der Waals surface area contributed by atoms with Gasteiger partial charge in [0.15, 0.2) is 0 Å². The molecule has 0 bridgehead atoms. The molecule has 0 aliphatic rings. The van der Waals surface area contributed by atoms with E-state index in [4.69, 9.17) is 0 Å². The van der Waals surface area contributed by atoms with Crippen LogP contribution in [0.15, 0.2) is 60.7 Å². The zero-order valence-electron chi connectivity index (χ0n) is 9.77. The van der Waals surface area contributed by atoms with Gasteiger partial charge >= 0.3 is 0 Å². The molecule has 4 aromatic carbocycles. The molecule has 0 aliphatic carbocycles. The Hall–Kier alpha value is -1.48. The minimum atomic E-state index is 0. The Labute approximate surface area is 112 Å². The number of hydrogen-bond donors (Lipinski definition) is 0. The van der Waals surface area contributed by atoms with E-state index in [-0.39, 0.29) is 18.9 Å². The third-order valence-corrected chi connectivity index (χ3v) is 3.39. The summed E-state index contributed by atoms with van der Waals surface area (Å²) in [5, 5.41) is 8.14. The Balaban J connectivity index is 0.000000902. The molecule has 0 nitrogen and oxygen atoms in total. The molecule has 0 atom stereocenters. The molecule has 0 saturated carbocycles. The van der Waals surface area contributed by atoms with Crippen molar-refractivity contribution in [3.63, 3.8) is 0 Å². The van der Waals surface area contributed by atoms with Gasteiger partial charge in [-0.1, -0.05) is 60.7 Å². The van der Waals surface area contributed by atoms with Crippen LogP contribution >= 0.6 is 0 Å². The monoisotopic (exact) mass is 209 g/mol. The van der Waals surface area contributed by atoms with Crippen LogP contribution in [0.3, 0.4) is 0 Å². The number of benzene rings is 4. The van der Waals surface area contributed by atoms with Gasteiger partial charge in [-0.3, -0.25) is 0 Å². The molecule has 75 valence electrons. The summed E-state index contributed by atoms with van der Waals surface area (Å²) in [6.45, 7) is 0. The predicted octanol–water partition coefficient (Wildman–Crippen LogP) is 4.20. The quantitative estimate of drug-likeness (QED) is 0.300. The molecule has 1 heteroatoms. The average Bonchev–Trinajstić information content (AvgIpc) is 2.36. The minimum absolute atomic E-state index is 0. The van der Waals surface area contributed by atoms with E-state index >= 15 is 0 Å². The van der Waals surface area contributed by atoms with Crippen LogP contribution in [-0.4, -0.2) is 18.9 Å². The Morgan fingerprint density at radius 1 is 0.412 bits per heavy atom. The van der Waals surface area contributed by atoms with E-state index in [0.29, 0.717) is 0 Å². The van der Waals surface area contributed by atoms with Crippen LogP contribution in [0.2, 0.25) is 0 Å². The first kappa shape index (κ1) is 10.7. The van der Waals surface area contributed by atoms with Gasteiger partial charge in [-0.15, -0.1) is 0 Å². The van der Waals surface area contributed by atoms with Crippen LogP contribution in [0.5, 0.6) is 0 Å². The van der Waals surface area contributed by atoms with Gasteiger partial charge in [0.05, 0.1) is 0 Å². The topological polar surface area (TPSA) is 0 Å². The van der Waals surface area contributed by atoms with Crippen LogP contribution in [0.4, 0.5) is 0 Å². The van der Waals surface area contributed by atoms with Gasteiger partial charge in [-0.2, -0.15) is 0 Å². The Morgan fingerprint density at radius 2 is 0.706 bits per heavy atom. The van der Waals surface area contributed by atoms with Gasteiger partial charge in [0.2, 0.25) is 0 Å². The van der Waals surface area contributed by atoms with Gasteiger partial charge in [-0.05, 0) is 32.3 Å². The number of hydrogen-bond acceptors (Lipinski definition) is 0. The molecule has 0 spiro atoms. The summed E-state index contributed by atoms with van der Waals surface area (Å²) in [6.07, 6.45) is 0. The van der Waals surface area contributed by atoms with Crippen molar-refractivity contribution < 1.29 is 0 Å². The maximum atomic E-state index is 2.21. The third kappa shape index (κ3) is 1.39. The zero-order chi connectivity index (χ0) is 10.5. The Kier molecular flexibility index (Phi) is 2.36. The number of rotatable bonds is 0. The first-order chi connectivity index (χ1) is 7.93. The second kappa shape index (κ2) is 3.77. The van der Waals surface area contributed by atoms with E-state index in [9.17, 15) is 0 Å². The van der Waals surface area contributed by atoms with Crippen molar-refractivity contribution in [2.45, 2.75) is 0 Å². The van der Waals surface area contributed by atoms with Crippen molar-refractivity contribution in [1.82, 2.24) is 0 Å². The molecule has 0 fully saturated rings. The van der Waals surface area contributed by atoms with Crippen molar-refractivity contribution in [3.8, 4) is 0 Å². The van der Waals surface area contributed by atoms with E-state index in [2.05, 4.69) is 60.7 Å². The summed E-state index contributed by atoms with van der Waals surface area (Å²) in [5.74, 6) is 0.